The standard InChI is InChI=1S/C65H104N2O12P/c1-14-54-65(10,73)58(69)48(6)67(38-30-19-17-15-16-18-20-31-39-80(50-32-24-21-25-33-50,51-34-26-22-27-35-51)52-36-28-23-29-37-52)43-44(2)41-63(8,72)60(79-62-56(68)53(66(11)12)40-45(3)75-62)46(4)57(47(5)61(71)77-54)78-55-42-64(9,74-13)59(70)49(7)76-55/h21-29,32-37,44-49,53-60,62,68-70,72-73H,14-20,30-31,38-43H2,1-13H3/q+1/t44-,45-,46+,47-,48-,49+,53+,54-,55+,56-,57+,58-,59+,60-,62+,63-,64-,65-/m1/s1. The number of methoxy groups -OCH3 is 1. The molecule has 3 saturated heterocycles. The topological polar surface area (TPSA) is 180 Å². The summed E-state index contributed by atoms with van der Waals surface area (Å²) < 4.78 is 38.5. The lowest BCUT2D eigenvalue weighted by Gasteiger charge is -2.48. The van der Waals surface area contributed by atoms with Crippen molar-refractivity contribution < 1.29 is 58.7 Å². The molecule has 0 aromatic heterocycles. The molecule has 0 aliphatic carbocycles. The van der Waals surface area contributed by atoms with Gasteiger partial charge in [-0.3, -0.25) is 9.69 Å². The fraction of sp³-hybridized carbons (Fsp3) is 0.708. The lowest BCUT2D eigenvalue weighted by atomic mass is 9.77. The lowest BCUT2D eigenvalue weighted by molar-refractivity contribution is -0.318. The van der Waals surface area contributed by atoms with Crippen molar-refractivity contribution in [1.82, 2.24) is 9.80 Å². The molecule has 15 heteroatoms. The number of aliphatic hydroxyl groups excluding tert-OH is 3. The molecule has 450 valence electrons. The zero-order valence-corrected chi connectivity index (χ0v) is 51.8. The van der Waals surface area contributed by atoms with Crippen LogP contribution in [-0.2, 0) is 33.2 Å². The first-order chi connectivity index (χ1) is 37.9. The Hall–Kier alpha value is -2.92. The van der Waals surface area contributed by atoms with Gasteiger partial charge >= 0.3 is 5.97 Å². The Morgan fingerprint density at radius 1 is 0.713 bits per heavy atom. The molecule has 0 bridgehead atoms. The average Bonchev–Trinajstić information content (AvgIpc) is 3.44. The van der Waals surface area contributed by atoms with Gasteiger partial charge in [-0.25, -0.2) is 0 Å². The van der Waals surface area contributed by atoms with Crippen molar-refractivity contribution in [3.63, 3.8) is 0 Å². The van der Waals surface area contributed by atoms with Crippen LogP contribution in [0.1, 0.15) is 146 Å². The highest BCUT2D eigenvalue weighted by atomic mass is 31.2. The first-order valence-electron chi connectivity index (χ1n) is 30.2. The Morgan fingerprint density at radius 3 is 1.75 bits per heavy atom. The summed E-state index contributed by atoms with van der Waals surface area (Å²) in [6, 6.07) is 32.5. The second kappa shape index (κ2) is 29.7. The maximum absolute atomic E-state index is 14.7. The Morgan fingerprint density at radius 2 is 1.24 bits per heavy atom. The van der Waals surface area contributed by atoms with Crippen molar-refractivity contribution in [1.29, 1.82) is 0 Å². The highest BCUT2D eigenvalue weighted by molar-refractivity contribution is 7.95. The van der Waals surface area contributed by atoms with E-state index in [4.69, 9.17) is 28.4 Å². The minimum atomic E-state index is -1.85. The lowest BCUT2D eigenvalue weighted by Crippen LogP contribution is -2.60. The predicted molar refractivity (Wildman–Crippen MR) is 320 cm³/mol. The Labute approximate surface area is 481 Å². The van der Waals surface area contributed by atoms with Crippen LogP contribution in [0.5, 0.6) is 0 Å². The summed E-state index contributed by atoms with van der Waals surface area (Å²) in [5.41, 5.74) is -4.49. The summed E-state index contributed by atoms with van der Waals surface area (Å²) >= 11 is 0. The molecule has 0 saturated carbocycles. The number of carbonyl (C=O) groups excluding carboxylic acids is 1. The van der Waals surface area contributed by atoms with Crippen molar-refractivity contribution in [2.75, 3.05) is 40.5 Å². The summed E-state index contributed by atoms with van der Waals surface area (Å²) in [7, 11) is 3.48. The van der Waals surface area contributed by atoms with Crippen molar-refractivity contribution in [3.8, 4) is 0 Å². The van der Waals surface area contributed by atoms with Crippen molar-refractivity contribution in [2.24, 2.45) is 17.8 Å². The summed E-state index contributed by atoms with van der Waals surface area (Å²) in [4.78, 5) is 18.9. The number of cyclic esters (lactones) is 1. The van der Waals surface area contributed by atoms with Gasteiger partial charge in [0.25, 0.3) is 0 Å². The van der Waals surface area contributed by atoms with Crippen molar-refractivity contribution in [2.45, 2.75) is 237 Å². The number of unbranched alkanes of at least 4 members (excludes halogenated alkanes) is 7. The molecule has 6 rings (SSSR count). The van der Waals surface area contributed by atoms with Crippen molar-refractivity contribution >= 4 is 29.1 Å². The zero-order valence-electron chi connectivity index (χ0n) is 50.9. The number of carbonyl (C=O) groups is 1. The van der Waals surface area contributed by atoms with Gasteiger partial charge in [-0.15, -0.1) is 0 Å². The van der Waals surface area contributed by atoms with Crippen molar-refractivity contribution in [3.05, 3.63) is 91.0 Å². The number of hydrogen-bond donors (Lipinski definition) is 5. The number of aliphatic hydroxyl groups is 5. The number of ether oxygens (including phenoxy) is 6. The van der Waals surface area contributed by atoms with Crippen LogP contribution >= 0.6 is 7.26 Å². The van der Waals surface area contributed by atoms with E-state index in [9.17, 15) is 30.3 Å². The molecule has 0 radical (unpaired) electrons. The molecule has 0 unspecified atom stereocenters. The Kier molecular flexibility index (Phi) is 24.6. The molecule has 3 fully saturated rings. The van der Waals surface area contributed by atoms with Gasteiger partial charge in [0.1, 0.15) is 53.2 Å². The van der Waals surface area contributed by atoms with Gasteiger partial charge in [-0.2, -0.15) is 0 Å². The van der Waals surface area contributed by atoms with Gasteiger partial charge in [-0.05, 0) is 150 Å². The summed E-state index contributed by atoms with van der Waals surface area (Å²) in [5, 5.41) is 64.9. The van der Waals surface area contributed by atoms with E-state index in [1.54, 1.807) is 34.6 Å². The SMILES string of the molecule is CC[C@H]1OC(=O)[C@H](C)[C@@H](O[C@H]2C[C@@](C)(OC)[C@@H](O)[C@H](C)O2)[C@H](C)[C@@H](O[C@@H]2O[C@H](C)C[C@H](N(C)C)[C@H]2O)[C@](C)(O)C[C@@H](C)CN(CCCCCCCCCC[P+](c2ccccc2)(c2ccccc2)c2ccccc2)[C@H](C)[C@@H](O)[C@]1(C)O. The molecular formula is C65H104N2O12P+. The van der Waals surface area contributed by atoms with Crippen LogP contribution in [0.2, 0.25) is 0 Å². The number of benzene rings is 3. The van der Waals surface area contributed by atoms with E-state index in [0.717, 1.165) is 44.7 Å². The molecule has 0 amide bonds. The van der Waals surface area contributed by atoms with Gasteiger partial charge in [0.05, 0.1) is 47.7 Å². The van der Waals surface area contributed by atoms with E-state index in [-0.39, 0.29) is 37.3 Å². The highest BCUT2D eigenvalue weighted by Crippen LogP contribution is 2.56. The minimum Gasteiger partial charge on any atom is -0.459 e. The van der Waals surface area contributed by atoms with E-state index >= 15 is 0 Å². The van der Waals surface area contributed by atoms with Crippen LogP contribution in [-0.4, -0.2) is 172 Å². The van der Waals surface area contributed by atoms with Crippen LogP contribution in [0, 0.1) is 17.8 Å². The van der Waals surface area contributed by atoms with Gasteiger partial charge in [0.15, 0.2) is 12.6 Å². The molecule has 3 aromatic carbocycles. The molecule has 3 aromatic rings. The fourth-order valence-corrected chi connectivity index (χ4v) is 17.9. The minimum absolute atomic E-state index is 0.125. The smallest absolute Gasteiger partial charge is 0.311 e. The molecule has 3 aliphatic rings. The number of nitrogens with zero attached hydrogens (tertiary/aromatic N) is 2. The molecule has 0 spiro atoms. The van der Waals surface area contributed by atoms with Crippen LogP contribution < -0.4 is 15.9 Å². The number of rotatable bonds is 21. The van der Waals surface area contributed by atoms with E-state index in [1.807, 2.05) is 46.7 Å². The zero-order chi connectivity index (χ0) is 58.6. The maximum atomic E-state index is 14.7. The van der Waals surface area contributed by atoms with Crippen LogP contribution in [0.4, 0.5) is 0 Å². The van der Waals surface area contributed by atoms with Gasteiger partial charge in [0.2, 0.25) is 0 Å². The van der Waals surface area contributed by atoms with E-state index in [2.05, 4.69) is 103 Å². The van der Waals surface area contributed by atoms with E-state index in [1.165, 1.54) is 35.9 Å². The number of likely N-dealkylation sites (N-methyl/N-ethyl adjacent to an activating group) is 1. The molecule has 3 heterocycles. The largest absolute Gasteiger partial charge is 0.459 e. The molecule has 14 nitrogen and oxygen atoms in total. The monoisotopic (exact) mass is 1140 g/mol. The second-order valence-corrected chi connectivity index (χ2v) is 28.7. The second-order valence-electron chi connectivity index (χ2n) is 25.1. The van der Waals surface area contributed by atoms with Crippen LogP contribution in [0.3, 0.4) is 0 Å². The first kappa shape index (κ1) is 66.2. The van der Waals surface area contributed by atoms with Crippen LogP contribution in [0.25, 0.3) is 0 Å². The summed E-state index contributed by atoms with van der Waals surface area (Å²) in [6.07, 6.45) is 1.38. The van der Waals surface area contributed by atoms with E-state index < -0.39 is 103 Å². The fourth-order valence-electron chi connectivity index (χ4n) is 13.5. The summed E-state index contributed by atoms with van der Waals surface area (Å²) in [5.74, 6) is -2.66. The summed E-state index contributed by atoms with van der Waals surface area (Å²) in [6.45, 7) is 19.2. The average molecular weight is 1140 g/mol. The molecule has 80 heavy (non-hydrogen) atoms. The third kappa shape index (κ3) is 16.1. The van der Waals surface area contributed by atoms with E-state index in [0.29, 0.717) is 19.5 Å². The maximum Gasteiger partial charge on any atom is 0.311 e. The molecule has 3 aliphatic heterocycles. The van der Waals surface area contributed by atoms with Gasteiger partial charge in [0, 0.05) is 38.1 Å². The van der Waals surface area contributed by atoms with Gasteiger partial charge < -0.3 is 58.9 Å². The molecular weight excluding hydrogens is 1030 g/mol. The van der Waals surface area contributed by atoms with Crippen LogP contribution in [0.15, 0.2) is 91.0 Å². The highest BCUT2D eigenvalue weighted by Gasteiger charge is 2.53. The number of hydrogen-bond acceptors (Lipinski definition) is 14. The quantitative estimate of drug-likeness (QED) is 0.0390. The third-order valence-electron chi connectivity index (χ3n) is 18.3. The number of esters is 1. The molecule has 5 N–H and O–H groups in total. The normalized spacial score (nSPS) is 36.5. The third-order valence-corrected chi connectivity index (χ3v) is 22.8. The first-order valence-corrected chi connectivity index (χ1v) is 32.2. The van der Waals surface area contributed by atoms with Gasteiger partial charge in [-0.1, -0.05) is 107 Å². The Bertz CT molecular complexity index is 2180. The molecule has 18 atom stereocenters. The predicted octanol–water partition coefficient (Wildman–Crippen LogP) is 8.39. The Balaban J connectivity index is 1.18.